The molecule has 0 aliphatic heterocycles. The smallest absolute Gasteiger partial charge is 0.356 e. The van der Waals surface area contributed by atoms with Gasteiger partial charge >= 0.3 is 5.97 Å². The van der Waals surface area contributed by atoms with E-state index in [1.165, 1.54) is 32.3 Å². The van der Waals surface area contributed by atoms with Crippen LogP contribution in [0, 0.1) is 6.92 Å². The molecule has 0 aliphatic rings. The average molecular weight is 547 g/mol. The summed E-state index contributed by atoms with van der Waals surface area (Å²) in [5.74, 6) is -0.989. The second-order valence-electron chi connectivity index (χ2n) is 7.53. The van der Waals surface area contributed by atoms with E-state index >= 15 is 0 Å². The number of hydrogen-bond donors (Lipinski definition) is 1. The van der Waals surface area contributed by atoms with Crippen LogP contribution in [0.1, 0.15) is 23.1 Å². The van der Waals surface area contributed by atoms with Crippen molar-refractivity contribution in [2.45, 2.75) is 25.3 Å². The van der Waals surface area contributed by atoms with Gasteiger partial charge in [-0.15, -0.1) is 24.8 Å². The molecule has 2 aromatic heterocycles. The van der Waals surface area contributed by atoms with Gasteiger partial charge in [0.1, 0.15) is 11.5 Å². The summed E-state index contributed by atoms with van der Waals surface area (Å²) < 4.78 is 47.7. The van der Waals surface area contributed by atoms with Crippen molar-refractivity contribution < 1.29 is 22.3 Å². The standard InChI is InChI=1S/C23H27FN4O4S.2ClH/c1-5-32-23(29)19-9-10-20-22(26-19)21(15(2)28(20)14-17(24)11-12-25)16-7-6-8-18(13-16)33(30,31)27(3)4;;/h6-11,13H,5,12,14,25H2,1-4H3;2*1H/b17-11-;;. The number of benzene rings is 1. The summed E-state index contributed by atoms with van der Waals surface area (Å²) in [5.41, 5.74) is 8.44. The van der Waals surface area contributed by atoms with Gasteiger partial charge in [0.25, 0.3) is 0 Å². The van der Waals surface area contributed by atoms with E-state index in [9.17, 15) is 17.6 Å². The molecule has 8 nitrogen and oxygen atoms in total. The van der Waals surface area contributed by atoms with Crippen LogP contribution in [0.3, 0.4) is 0 Å². The molecule has 35 heavy (non-hydrogen) atoms. The zero-order valence-electron chi connectivity index (χ0n) is 19.8. The van der Waals surface area contributed by atoms with E-state index in [1.54, 1.807) is 42.7 Å². The molecule has 3 rings (SSSR count). The van der Waals surface area contributed by atoms with E-state index in [1.807, 2.05) is 0 Å². The minimum atomic E-state index is -3.67. The first-order valence-corrected chi connectivity index (χ1v) is 11.8. The molecule has 0 fully saturated rings. The summed E-state index contributed by atoms with van der Waals surface area (Å²) >= 11 is 0. The molecule has 3 aromatic rings. The fourth-order valence-electron chi connectivity index (χ4n) is 3.58. The fourth-order valence-corrected chi connectivity index (χ4v) is 4.52. The summed E-state index contributed by atoms with van der Waals surface area (Å²) in [4.78, 5) is 16.9. The van der Waals surface area contributed by atoms with Crippen molar-refractivity contribution in [2.75, 3.05) is 27.2 Å². The summed E-state index contributed by atoms with van der Waals surface area (Å²) in [7, 11) is -0.759. The van der Waals surface area contributed by atoms with Crippen molar-refractivity contribution in [3.8, 4) is 11.1 Å². The Bertz CT molecular complexity index is 1340. The number of nitrogens with two attached hydrogens (primary N) is 1. The van der Waals surface area contributed by atoms with E-state index in [2.05, 4.69) is 4.98 Å². The van der Waals surface area contributed by atoms with Crippen LogP contribution in [0.4, 0.5) is 4.39 Å². The molecule has 2 heterocycles. The van der Waals surface area contributed by atoms with E-state index < -0.39 is 21.8 Å². The Balaban J connectivity index is 0.00000306. The van der Waals surface area contributed by atoms with Gasteiger partial charge in [0.15, 0.2) is 0 Å². The maximum absolute atomic E-state index is 14.4. The van der Waals surface area contributed by atoms with Gasteiger partial charge in [-0.2, -0.15) is 0 Å². The van der Waals surface area contributed by atoms with Crippen molar-refractivity contribution >= 4 is 51.8 Å². The van der Waals surface area contributed by atoms with Gasteiger partial charge in [-0.05, 0) is 49.8 Å². The monoisotopic (exact) mass is 546 g/mol. The second-order valence-corrected chi connectivity index (χ2v) is 9.69. The number of allylic oxidation sites excluding steroid dienone is 1. The normalized spacial score (nSPS) is 11.8. The molecule has 0 unspecified atom stereocenters. The Morgan fingerprint density at radius 3 is 2.51 bits per heavy atom. The lowest BCUT2D eigenvalue weighted by molar-refractivity contribution is 0.0520. The lowest BCUT2D eigenvalue weighted by Gasteiger charge is -2.12. The molecule has 0 amide bonds. The number of hydrogen-bond acceptors (Lipinski definition) is 6. The number of ether oxygens (including phenoxy) is 1. The molecule has 0 aliphatic carbocycles. The third-order valence-electron chi connectivity index (χ3n) is 5.20. The van der Waals surface area contributed by atoms with Crippen LogP contribution >= 0.6 is 24.8 Å². The minimum absolute atomic E-state index is 0. The molecule has 0 saturated heterocycles. The minimum Gasteiger partial charge on any atom is -0.461 e. The quantitative estimate of drug-likeness (QED) is 0.426. The molecule has 0 spiro atoms. The summed E-state index contributed by atoms with van der Waals surface area (Å²) in [6, 6.07) is 9.66. The van der Waals surface area contributed by atoms with Crippen LogP contribution in [0.2, 0.25) is 0 Å². The predicted octanol–water partition coefficient (Wildman–Crippen LogP) is 4.09. The van der Waals surface area contributed by atoms with Crippen molar-refractivity contribution in [1.29, 1.82) is 0 Å². The average Bonchev–Trinajstić information content (AvgIpc) is 3.04. The Labute approximate surface area is 216 Å². The van der Waals surface area contributed by atoms with Crippen LogP contribution in [-0.4, -0.2) is 55.5 Å². The molecule has 192 valence electrons. The molecule has 12 heteroatoms. The predicted molar refractivity (Wildman–Crippen MR) is 139 cm³/mol. The van der Waals surface area contributed by atoms with E-state index in [-0.39, 0.29) is 55.1 Å². The van der Waals surface area contributed by atoms with Gasteiger partial charge in [-0.3, -0.25) is 0 Å². The molecular weight excluding hydrogens is 518 g/mol. The van der Waals surface area contributed by atoms with E-state index in [0.717, 1.165) is 4.31 Å². The van der Waals surface area contributed by atoms with Crippen LogP contribution in [-0.2, 0) is 21.3 Å². The largest absolute Gasteiger partial charge is 0.461 e. The van der Waals surface area contributed by atoms with Gasteiger partial charge < -0.3 is 15.0 Å². The van der Waals surface area contributed by atoms with Crippen LogP contribution < -0.4 is 5.73 Å². The highest BCUT2D eigenvalue weighted by Gasteiger charge is 2.23. The summed E-state index contributed by atoms with van der Waals surface area (Å²) in [6.07, 6.45) is 1.29. The number of rotatable bonds is 8. The number of fused-ring (bicyclic) bond motifs is 1. The van der Waals surface area contributed by atoms with Crippen molar-refractivity contribution in [1.82, 2.24) is 13.9 Å². The zero-order chi connectivity index (χ0) is 24.3. The number of carbonyl (C=O) groups is 1. The molecule has 0 radical (unpaired) electrons. The maximum Gasteiger partial charge on any atom is 0.356 e. The second kappa shape index (κ2) is 12.5. The Kier molecular flexibility index (Phi) is 10.9. The van der Waals surface area contributed by atoms with Gasteiger partial charge in [0.2, 0.25) is 10.0 Å². The highest BCUT2D eigenvalue weighted by atomic mass is 35.5. The first kappa shape index (κ1) is 30.5. The first-order chi connectivity index (χ1) is 15.6. The highest BCUT2D eigenvalue weighted by Crippen LogP contribution is 2.35. The number of sulfonamides is 1. The van der Waals surface area contributed by atoms with Gasteiger partial charge in [0.05, 0.1) is 29.1 Å². The molecule has 0 atom stereocenters. The SMILES string of the molecule is CCOC(=O)c1ccc2c(n1)c(-c1cccc(S(=O)(=O)N(C)C)c1)c(C)n2C/C(F)=C/CN.Cl.Cl. The van der Waals surface area contributed by atoms with Gasteiger partial charge in [-0.1, -0.05) is 12.1 Å². The van der Waals surface area contributed by atoms with Crippen molar-refractivity contribution in [3.63, 3.8) is 0 Å². The molecular formula is C23H29Cl2FN4O4S. The summed E-state index contributed by atoms with van der Waals surface area (Å²) in [6.45, 7) is 3.68. The molecule has 0 saturated carbocycles. The number of esters is 1. The number of aromatic nitrogens is 2. The topological polar surface area (TPSA) is 108 Å². The third-order valence-corrected chi connectivity index (χ3v) is 7.01. The molecule has 2 N–H and O–H groups in total. The number of halogens is 3. The van der Waals surface area contributed by atoms with E-state index in [0.29, 0.717) is 27.9 Å². The number of pyridine rings is 1. The van der Waals surface area contributed by atoms with Crippen molar-refractivity contribution in [2.24, 2.45) is 5.73 Å². The van der Waals surface area contributed by atoms with Gasteiger partial charge in [-0.25, -0.2) is 26.9 Å². The van der Waals surface area contributed by atoms with Gasteiger partial charge in [0, 0.05) is 31.9 Å². The Morgan fingerprint density at radius 1 is 1.23 bits per heavy atom. The van der Waals surface area contributed by atoms with E-state index in [4.69, 9.17) is 10.5 Å². The fraction of sp³-hybridized carbons (Fsp3) is 0.304. The lowest BCUT2D eigenvalue weighted by Crippen LogP contribution is -2.22. The van der Waals surface area contributed by atoms with Crippen LogP contribution in [0.5, 0.6) is 0 Å². The number of carbonyl (C=O) groups excluding carboxylic acids is 1. The Hall–Kier alpha value is -2.50. The molecule has 0 bridgehead atoms. The first-order valence-electron chi connectivity index (χ1n) is 10.4. The highest BCUT2D eigenvalue weighted by molar-refractivity contribution is 7.89. The molecule has 1 aromatic carbocycles. The zero-order valence-corrected chi connectivity index (χ0v) is 22.3. The maximum atomic E-state index is 14.4. The summed E-state index contributed by atoms with van der Waals surface area (Å²) in [5, 5.41) is 0. The lowest BCUT2D eigenvalue weighted by atomic mass is 10.0. The Morgan fingerprint density at radius 2 is 1.91 bits per heavy atom. The van der Waals surface area contributed by atoms with Crippen molar-refractivity contribution in [3.05, 3.63) is 59.7 Å². The van der Waals surface area contributed by atoms with Crippen LogP contribution in [0.15, 0.2) is 53.2 Å². The third kappa shape index (κ3) is 6.20. The number of nitrogens with zero attached hydrogens (tertiary/aromatic N) is 3. The van der Waals surface area contributed by atoms with Crippen LogP contribution in [0.25, 0.3) is 22.2 Å².